The molecule has 0 spiro atoms. The summed E-state index contributed by atoms with van der Waals surface area (Å²) in [4.78, 5) is 4.27. The number of rotatable bonds is 2. The van der Waals surface area contributed by atoms with Crippen LogP contribution in [0.4, 0.5) is 26.3 Å². The molecule has 2 aromatic heterocycles. The zero-order valence-electron chi connectivity index (χ0n) is 22.1. The van der Waals surface area contributed by atoms with Gasteiger partial charge >= 0.3 is 12.4 Å². The van der Waals surface area contributed by atoms with Crippen LogP contribution in [0.25, 0.3) is 70.9 Å². The monoisotopic (exact) mass is 580 g/mol. The van der Waals surface area contributed by atoms with Crippen LogP contribution in [0.1, 0.15) is 11.1 Å². The predicted molar refractivity (Wildman–Crippen MR) is 158 cm³/mol. The molecule has 43 heavy (non-hydrogen) atoms. The molecule has 8 aromatic rings. The Morgan fingerprint density at radius 2 is 1.19 bits per heavy atom. The van der Waals surface area contributed by atoms with E-state index in [0.717, 1.165) is 55.6 Å². The molecule has 0 aliphatic heterocycles. The summed E-state index contributed by atoms with van der Waals surface area (Å²) in [6.07, 6.45) is -6.84. The lowest BCUT2D eigenvalue weighted by Gasteiger charge is -2.17. The van der Waals surface area contributed by atoms with E-state index in [1.54, 1.807) is 12.3 Å². The minimum absolute atomic E-state index is 0.152. The fourth-order valence-electron chi connectivity index (χ4n) is 6.44. The van der Waals surface area contributed by atoms with Crippen molar-refractivity contribution in [1.82, 2.24) is 9.55 Å². The second-order valence-corrected chi connectivity index (χ2v) is 10.7. The van der Waals surface area contributed by atoms with Crippen molar-refractivity contribution in [1.29, 1.82) is 0 Å². The largest absolute Gasteiger partial charge is 0.416 e. The lowest BCUT2D eigenvalue weighted by atomic mass is 9.88. The Balaban J connectivity index is 1.52. The van der Waals surface area contributed by atoms with Crippen LogP contribution in [-0.2, 0) is 12.4 Å². The van der Waals surface area contributed by atoms with Gasteiger partial charge in [-0.1, -0.05) is 66.7 Å². The SMILES string of the molecule is FC(F)(F)c1cc(-n2c3ccncc3c3c4ccc5ccc(-c6ccccc6)c6ccc(cc32)c4c56)cc(C(F)(F)F)c1. The summed E-state index contributed by atoms with van der Waals surface area (Å²) in [7, 11) is 0. The zero-order chi connectivity index (χ0) is 29.7. The summed E-state index contributed by atoms with van der Waals surface area (Å²) >= 11 is 0. The first-order chi connectivity index (χ1) is 20.6. The molecule has 210 valence electrons. The Bertz CT molecular complexity index is 2330. The summed E-state index contributed by atoms with van der Waals surface area (Å²) < 4.78 is 84.6. The van der Waals surface area contributed by atoms with Gasteiger partial charge in [-0.15, -0.1) is 0 Å². The van der Waals surface area contributed by atoms with E-state index in [2.05, 4.69) is 17.1 Å². The molecular formula is C35H18F6N2. The van der Waals surface area contributed by atoms with Gasteiger partial charge in [0.1, 0.15) is 0 Å². The lowest BCUT2D eigenvalue weighted by molar-refractivity contribution is -0.143. The molecule has 0 amide bonds. The number of halogens is 6. The number of aromatic nitrogens is 2. The average Bonchev–Trinajstić information content (AvgIpc) is 3.33. The highest BCUT2D eigenvalue weighted by atomic mass is 19.4. The highest BCUT2D eigenvalue weighted by Gasteiger charge is 2.37. The molecule has 0 radical (unpaired) electrons. The molecule has 8 rings (SSSR count). The van der Waals surface area contributed by atoms with E-state index >= 15 is 0 Å². The number of alkyl halides is 6. The summed E-state index contributed by atoms with van der Waals surface area (Å²) in [5.41, 5.74) is 0.112. The number of hydrogen-bond donors (Lipinski definition) is 0. The highest BCUT2D eigenvalue weighted by Crippen LogP contribution is 2.45. The van der Waals surface area contributed by atoms with Crippen molar-refractivity contribution in [2.45, 2.75) is 12.4 Å². The van der Waals surface area contributed by atoms with Gasteiger partial charge < -0.3 is 4.57 Å². The number of benzene rings is 6. The first-order valence-corrected chi connectivity index (χ1v) is 13.4. The first kappa shape index (κ1) is 25.6. The second kappa shape index (κ2) is 8.70. The van der Waals surface area contributed by atoms with Crippen molar-refractivity contribution >= 4 is 54.1 Å². The van der Waals surface area contributed by atoms with E-state index in [1.165, 1.54) is 10.8 Å². The lowest BCUT2D eigenvalue weighted by Crippen LogP contribution is -2.12. The third-order valence-corrected chi connectivity index (χ3v) is 8.23. The molecule has 0 atom stereocenters. The highest BCUT2D eigenvalue weighted by molar-refractivity contribution is 6.33. The molecule has 0 saturated heterocycles. The number of fused-ring (bicyclic) bond motifs is 4. The van der Waals surface area contributed by atoms with Crippen LogP contribution in [-0.4, -0.2) is 9.55 Å². The molecule has 0 aliphatic carbocycles. The Labute approximate surface area is 239 Å². The van der Waals surface area contributed by atoms with E-state index in [-0.39, 0.29) is 11.8 Å². The fraction of sp³-hybridized carbons (Fsp3) is 0.0571. The van der Waals surface area contributed by atoms with Crippen molar-refractivity contribution in [3.8, 4) is 16.8 Å². The van der Waals surface area contributed by atoms with Crippen molar-refractivity contribution < 1.29 is 26.3 Å². The molecule has 0 fully saturated rings. The number of nitrogens with zero attached hydrogens (tertiary/aromatic N) is 2. The van der Waals surface area contributed by atoms with Crippen LogP contribution < -0.4 is 0 Å². The average molecular weight is 581 g/mol. The minimum atomic E-state index is -4.97. The predicted octanol–water partition coefficient (Wildman–Crippen LogP) is 10.8. The molecule has 6 aromatic carbocycles. The van der Waals surface area contributed by atoms with Crippen molar-refractivity contribution in [2.75, 3.05) is 0 Å². The van der Waals surface area contributed by atoms with Crippen LogP contribution in [0.5, 0.6) is 0 Å². The molecule has 0 bridgehead atoms. The molecule has 8 heteroatoms. The van der Waals surface area contributed by atoms with Gasteiger partial charge in [0.2, 0.25) is 0 Å². The third kappa shape index (κ3) is 3.79. The van der Waals surface area contributed by atoms with Gasteiger partial charge in [-0.2, -0.15) is 26.3 Å². The third-order valence-electron chi connectivity index (χ3n) is 8.23. The summed E-state index contributed by atoms with van der Waals surface area (Å²) in [6, 6.07) is 27.3. The molecule has 2 heterocycles. The van der Waals surface area contributed by atoms with Gasteiger partial charge in [0.15, 0.2) is 0 Å². The van der Waals surface area contributed by atoms with Crippen LogP contribution >= 0.6 is 0 Å². The van der Waals surface area contributed by atoms with Gasteiger partial charge in [0, 0.05) is 28.9 Å². The molecule has 0 aliphatic rings. The standard InChI is InChI=1S/C35H18F6N2/c36-34(37,38)22-15-23(35(39,40)41)17-24(16-22)43-29-12-13-42-18-28(29)33-27-11-7-20-6-9-25(19-4-2-1-3-5-19)26-10-8-21(14-30(33)43)32(27)31(20)26/h1-18H. The molecule has 2 nitrogen and oxygen atoms in total. The van der Waals surface area contributed by atoms with Gasteiger partial charge in [-0.25, -0.2) is 0 Å². The van der Waals surface area contributed by atoms with Gasteiger partial charge in [-0.05, 0) is 73.8 Å². The quantitative estimate of drug-likeness (QED) is 0.147. The maximum absolute atomic E-state index is 13.8. The Morgan fingerprint density at radius 1 is 0.535 bits per heavy atom. The topological polar surface area (TPSA) is 17.8 Å². The van der Waals surface area contributed by atoms with Crippen molar-refractivity contribution in [2.24, 2.45) is 0 Å². The van der Waals surface area contributed by atoms with Crippen molar-refractivity contribution in [3.05, 3.63) is 121 Å². The Hall–Kier alpha value is -5.11. The summed E-state index contributed by atoms with van der Waals surface area (Å²) in [5.74, 6) is 0. The normalized spacial score (nSPS) is 12.9. The number of pyridine rings is 1. The fourth-order valence-corrected chi connectivity index (χ4v) is 6.44. The van der Waals surface area contributed by atoms with E-state index in [0.29, 0.717) is 21.8 Å². The van der Waals surface area contributed by atoms with E-state index < -0.39 is 23.5 Å². The smallest absolute Gasteiger partial charge is 0.309 e. The van der Waals surface area contributed by atoms with Gasteiger partial charge in [-0.3, -0.25) is 4.98 Å². The molecule has 0 N–H and O–H groups in total. The molecule has 0 unspecified atom stereocenters. The maximum Gasteiger partial charge on any atom is 0.416 e. The number of hydrogen-bond acceptors (Lipinski definition) is 1. The molecule has 0 saturated carbocycles. The zero-order valence-corrected chi connectivity index (χ0v) is 22.1. The van der Waals surface area contributed by atoms with Crippen LogP contribution in [0.2, 0.25) is 0 Å². The Kier molecular flexibility index (Phi) is 5.18. The van der Waals surface area contributed by atoms with Crippen LogP contribution in [0.15, 0.2) is 109 Å². The van der Waals surface area contributed by atoms with E-state index in [9.17, 15) is 26.3 Å². The van der Waals surface area contributed by atoms with Crippen LogP contribution in [0.3, 0.4) is 0 Å². The van der Waals surface area contributed by atoms with Gasteiger partial charge in [0.25, 0.3) is 0 Å². The van der Waals surface area contributed by atoms with Crippen LogP contribution in [0, 0.1) is 0 Å². The summed E-state index contributed by atoms with van der Waals surface area (Å²) in [5, 5.41) is 7.11. The molecular weight excluding hydrogens is 562 g/mol. The summed E-state index contributed by atoms with van der Waals surface area (Å²) in [6.45, 7) is 0. The maximum atomic E-state index is 13.8. The van der Waals surface area contributed by atoms with E-state index in [1.807, 2.05) is 60.7 Å². The van der Waals surface area contributed by atoms with E-state index in [4.69, 9.17) is 0 Å². The Morgan fingerprint density at radius 3 is 1.91 bits per heavy atom. The second-order valence-electron chi connectivity index (χ2n) is 10.7. The van der Waals surface area contributed by atoms with Crippen molar-refractivity contribution in [3.63, 3.8) is 0 Å². The first-order valence-electron chi connectivity index (χ1n) is 13.4. The minimum Gasteiger partial charge on any atom is -0.309 e. The van der Waals surface area contributed by atoms with Gasteiger partial charge in [0.05, 0.1) is 22.2 Å².